The number of amides is 1. The first-order chi connectivity index (χ1) is 10.6. The average molecular weight is 299 g/mol. The van der Waals surface area contributed by atoms with Crippen LogP contribution < -0.4 is 5.32 Å². The summed E-state index contributed by atoms with van der Waals surface area (Å²) in [6.45, 7) is 0. The number of furan rings is 1. The maximum absolute atomic E-state index is 13.7. The number of rotatable bonds is 3. The normalized spacial score (nSPS) is 10.5. The fourth-order valence-electron chi connectivity index (χ4n) is 1.99. The third kappa shape index (κ3) is 2.88. The Bertz CT molecular complexity index is 810. The van der Waals surface area contributed by atoms with Gasteiger partial charge in [0.25, 0.3) is 5.91 Å². The van der Waals surface area contributed by atoms with Gasteiger partial charge in [0.1, 0.15) is 17.4 Å². The van der Waals surface area contributed by atoms with E-state index >= 15 is 0 Å². The quantitative estimate of drug-likeness (QED) is 0.775. The second-order valence-corrected chi connectivity index (χ2v) is 4.60. The molecule has 0 bridgehead atoms. The molecule has 1 N–H and O–H groups in total. The van der Waals surface area contributed by atoms with Gasteiger partial charge in [0.2, 0.25) is 0 Å². The Balaban J connectivity index is 1.80. The SMILES string of the molecule is O=C(Nc1ccc(F)cc1)c1ccc(-c2ccccc2F)o1. The molecular weight excluding hydrogens is 288 g/mol. The van der Waals surface area contributed by atoms with Gasteiger partial charge in [-0.05, 0) is 48.5 Å². The summed E-state index contributed by atoms with van der Waals surface area (Å²) >= 11 is 0. The van der Waals surface area contributed by atoms with Gasteiger partial charge in [0, 0.05) is 5.69 Å². The van der Waals surface area contributed by atoms with Crippen LogP contribution in [-0.2, 0) is 0 Å². The Kier molecular flexibility index (Phi) is 3.70. The number of benzene rings is 2. The topological polar surface area (TPSA) is 42.2 Å². The van der Waals surface area contributed by atoms with Crippen molar-refractivity contribution in [2.45, 2.75) is 0 Å². The molecule has 0 spiro atoms. The number of nitrogens with one attached hydrogen (secondary N) is 1. The Morgan fingerprint density at radius 2 is 1.64 bits per heavy atom. The lowest BCUT2D eigenvalue weighted by molar-refractivity contribution is 0.0997. The van der Waals surface area contributed by atoms with E-state index in [1.807, 2.05) is 0 Å². The van der Waals surface area contributed by atoms with Gasteiger partial charge in [0.15, 0.2) is 5.76 Å². The van der Waals surface area contributed by atoms with Gasteiger partial charge in [-0.25, -0.2) is 8.78 Å². The highest BCUT2D eigenvalue weighted by Gasteiger charge is 2.14. The van der Waals surface area contributed by atoms with E-state index in [0.717, 1.165) is 0 Å². The summed E-state index contributed by atoms with van der Waals surface area (Å²) in [5, 5.41) is 2.57. The van der Waals surface area contributed by atoms with Gasteiger partial charge in [0.05, 0.1) is 5.56 Å². The average Bonchev–Trinajstić information content (AvgIpc) is 3.00. The van der Waals surface area contributed by atoms with E-state index in [0.29, 0.717) is 5.69 Å². The van der Waals surface area contributed by atoms with Gasteiger partial charge in [-0.1, -0.05) is 12.1 Å². The zero-order valence-electron chi connectivity index (χ0n) is 11.3. The van der Waals surface area contributed by atoms with Crippen LogP contribution in [0.15, 0.2) is 65.1 Å². The zero-order chi connectivity index (χ0) is 15.5. The molecule has 3 rings (SSSR count). The standard InChI is InChI=1S/C17H11F2NO2/c18-11-5-7-12(8-6-11)20-17(21)16-10-9-15(22-16)13-3-1-2-4-14(13)19/h1-10H,(H,20,21). The minimum atomic E-state index is -0.491. The summed E-state index contributed by atoms with van der Waals surface area (Å²) in [6.07, 6.45) is 0. The molecule has 0 aliphatic rings. The van der Waals surface area contributed by atoms with E-state index in [1.54, 1.807) is 18.2 Å². The second kappa shape index (κ2) is 5.81. The molecule has 110 valence electrons. The first-order valence-electron chi connectivity index (χ1n) is 6.55. The van der Waals surface area contributed by atoms with E-state index in [1.165, 1.54) is 42.5 Å². The van der Waals surface area contributed by atoms with Gasteiger partial charge < -0.3 is 9.73 Å². The molecule has 0 radical (unpaired) electrons. The van der Waals surface area contributed by atoms with Crippen molar-refractivity contribution in [3.05, 3.63) is 78.1 Å². The predicted octanol–water partition coefficient (Wildman–Crippen LogP) is 4.48. The summed E-state index contributed by atoms with van der Waals surface area (Å²) in [7, 11) is 0. The molecule has 3 aromatic rings. The molecule has 0 unspecified atom stereocenters. The number of carbonyl (C=O) groups excluding carboxylic acids is 1. The van der Waals surface area contributed by atoms with Crippen LogP contribution in [-0.4, -0.2) is 5.91 Å². The van der Waals surface area contributed by atoms with Crippen molar-refractivity contribution >= 4 is 11.6 Å². The van der Waals surface area contributed by atoms with E-state index in [-0.39, 0.29) is 17.1 Å². The lowest BCUT2D eigenvalue weighted by Gasteiger charge is -2.03. The summed E-state index contributed by atoms with van der Waals surface area (Å²) in [5.41, 5.74) is 0.721. The molecule has 0 saturated heterocycles. The molecule has 1 aromatic heterocycles. The van der Waals surface area contributed by atoms with Crippen LogP contribution in [0.1, 0.15) is 10.6 Å². The van der Waals surface area contributed by atoms with Crippen molar-refractivity contribution in [3.8, 4) is 11.3 Å². The highest BCUT2D eigenvalue weighted by Crippen LogP contribution is 2.25. The van der Waals surface area contributed by atoms with Crippen LogP contribution >= 0.6 is 0 Å². The first-order valence-corrected chi connectivity index (χ1v) is 6.55. The van der Waals surface area contributed by atoms with Gasteiger partial charge in [-0.2, -0.15) is 0 Å². The Labute approximate surface area is 125 Å². The molecule has 22 heavy (non-hydrogen) atoms. The molecule has 0 atom stereocenters. The minimum Gasteiger partial charge on any atom is -0.451 e. The molecule has 1 amide bonds. The minimum absolute atomic E-state index is 0.0441. The summed E-state index contributed by atoms with van der Waals surface area (Å²) in [4.78, 5) is 12.0. The van der Waals surface area contributed by atoms with E-state index < -0.39 is 17.5 Å². The summed E-state index contributed by atoms with van der Waals surface area (Å²) in [5.74, 6) is -1.00. The van der Waals surface area contributed by atoms with Crippen molar-refractivity contribution < 1.29 is 18.0 Å². The molecule has 2 aromatic carbocycles. The third-order valence-corrected chi connectivity index (χ3v) is 3.07. The summed E-state index contributed by atoms with van der Waals surface area (Å²) < 4.78 is 31.9. The van der Waals surface area contributed by atoms with Gasteiger partial charge in [-0.3, -0.25) is 4.79 Å². The largest absolute Gasteiger partial charge is 0.451 e. The Morgan fingerprint density at radius 3 is 2.36 bits per heavy atom. The Hall–Kier alpha value is -2.95. The van der Waals surface area contributed by atoms with Crippen LogP contribution in [0.5, 0.6) is 0 Å². The maximum atomic E-state index is 13.7. The Morgan fingerprint density at radius 1 is 0.909 bits per heavy atom. The maximum Gasteiger partial charge on any atom is 0.291 e. The molecule has 0 saturated carbocycles. The number of hydrogen-bond donors (Lipinski definition) is 1. The fraction of sp³-hybridized carbons (Fsp3) is 0. The molecule has 5 heteroatoms. The molecule has 0 aliphatic heterocycles. The first kappa shape index (κ1) is 14.0. The van der Waals surface area contributed by atoms with Crippen molar-refractivity contribution in [2.24, 2.45) is 0 Å². The smallest absolute Gasteiger partial charge is 0.291 e. The number of carbonyl (C=O) groups is 1. The summed E-state index contributed by atoms with van der Waals surface area (Å²) in [6, 6.07) is 14.5. The van der Waals surface area contributed by atoms with Crippen molar-refractivity contribution in [1.29, 1.82) is 0 Å². The third-order valence-electron chi connectivity index (χ3n) is 3.07. The van der Waals surface area contributed by atoms with Crippen LogP contribution in [0.25, 0.3) is 11.3 Å². The van der Waals surface area contributed by atoms with E-state index in [4.69, 9.17) is 4.42 Å². The van der Waals surface area contributed by atoms with Crippen molar-refractivity contribution in [1.82, 2.24) is 0 Å². The van der Waals surface area contributed by atoms with Crippen LogP contribution in [0.4, 0.5) is 14.5 Å². The van der Waals surface area contributed by atoms with Crippen LogP contribution in [0, 0.1) is 11.6 Å². The van der Waals surface area contributed by atoms with Crippen LogP contribution in [0.2, 0.25) is 0 Å². The zero-order valence-corrected chi connectivity index (χ0v) is 11.3. The van der Waals surface area contributed by atoms with Gasteiger partial charge in [-0.15, -0.1) is 0 Å². The molecular formula is C17H11F2NO2. The molecule has 3 nitrogen and oxygen atoms in total. The van der Waals surface area contributed by atoms with E-state index in [2.05, 4.69) is 5.32 Å². The number of halogens is 2. The molecule has 0 fully saturated rings. The number of hydrogen-bond acceptors (Lipinski definition) is 2. The lowest BCUT2D eigenvalue weighted by Crippen LogP contribution is -2.10. The van der Waals surface area contributed by atoms with Crippen molar-refractivity contribution in [2.75, 3.05) is 5.32 Å². The lowest BCUT2D eigenvalue weighted by atomic mass is 10.1. The second-order valence-electron chi connectivity index (χ2n) is 4.60. The highest BCUT2D eigenvalue weighted by molar-refractivity contribution is 6.02. The van der Waals surface area contributed by atoms with Crippen LogP contribution in [0.3, 0.4) is 0 Å². The highest BCUT2D eigenvalue weighted by atomic mass is 19.1. The predicted molar refractivity (Wildman–Crippen MR) is 78.5 cm³/mol. The number of anilines is 1. The van der Waals surface area contributed by atoms with Gasteiger partial charge >= 0.3 is 0 Å². The fourth-order valence-corrected chi connectivity index (χ4v) is 1.99. The van der Waals surface area contributed by atoms with Crippen molar-refractivity contribution in [3.63, 3.8) is 0 Å². The van der Waals surface area contributed by atoms with E-state index in [9.17, 15) is 13.6 Å². The monoisotopic (exact) mass is 299 g/mol. The molecule has 1 heterocycles. The molecule has 0 aliphatic carbocycles.